The van der Waals surface area contributed by atoms with Crippen molar-refractivity contribution in [2.45, 2.75) is 18.8 Å². The number of rotatable bonds is 3. The van der Waals surface area contributed by atoms with Crippen molar-refractivity contribution in [3.8, 4) is 0 Å². The number of hydrogen-bond acceptors (Lipinski definition) is 2. The van der Waals surface area contributed by atoms with Crippen LogP contribution in [-0.2, 0) is 17.6 Å². The van der Waals surface area contributed by atoms with Crippen molar-refractivity contribution in [2.24, 2.45) is 0 Å². The van der Waals surface area contributed by atoms with Crippen LogP contribution in [0.3, 0.4) is 0 Å². The molecule has 1 heterocycles. The molecule has 2 nitrogen and oxygen atoms in total. The van der Waals surface area contributed by atoms with Gasteiger partial charge < -0.3 is 4.42 Å². The number of fused-ring (bicyclic) bond motifs is 1. The molecule has 3 rings (SSSR count). The van der Waals surface area contributed by atoms with Gasteiger partial charge in [-0.05, 0) is 29.7 Å². The summed E-state index contributed by atoms with van der Waals surface area (Å²) in [5.41, 5.74) is 2.50. The summed E-state index contributed by atoms with van der Waals surface area (Å²) in [4.78, 5) is 12.0. The van der Waals surface area contributed by atoms with Gasteiger partial charge in [0.25, 0.3) is 0 Å². The molecule has 2 aromatic rings. The second-order valence-electron chi connectivity index (χ2n) is 4.18. The van der Waals surface area contributed by atoms with Crippen molar-refractivity contribution in [3.05, 3.63) is 59.5 Å². The van der Waals surface area contributed by atoms with Crippen molar-refractivity contribution in [1.82, 2.24) is 0 Å². The molecule has 1 aliphatic rings. The number of Topliss-reactive ketones (excluding diaryl/α,β-unsaturated/α-hetero) is 1. The fourth-order valence-corrected chi connectivity index (χ4v) is 2.25. The number of furan rings is 1. The maximum absolute atomic E-state index is 12.0. The van der Waals surface area contributed by atoms with E-state index in [2.05, 4.69) is 6.07 Å². The first kappa shape index (κ1) is 9.40. The molecule has 0 saturated heterocycles. The van der Waals surface area contributed by atoms with Gasteiger partial charge in [-0.25, -0.2) is 0 Å². The summed E-state index contributed by atoms with van der Waals surface area (Å²) in [5, 5.41) is 0. The Kier molecular flexibility index (Phi) is 2.13. The summed E-state index contributed by atoms with van der Waals surface area (Å²) in [7, 11) is 0. The van der Waals surface area contributed by atoms with Crippen LogP contribution in [-0.4, -0.2) is 5.78 Å². The highest BCUT2D eigenvalue weighted by Crippen LogP contribution is 2.36. The maximum Gasteiger partial charge on any atom is 0.148 e. The SMILES string of the molecule is O=C(Cc1ccco1)C1Cc2ccccc21. The highest BCUT2D eigenvalue weighted by molar-refractivity contribution is 5.90. The molecule has 1 aromatic heterocycles. The van der Waals surface area contributed by atoms with Crippen LogP contribution in [0.1, 0.15) is 22.8 Å². The van der Waals surface area contributed by atoms with E-state index in [9.17, 15) is 4.79 Å². The van der Waals surface area contributed by atoms with Gasteiger partial charge in [0.1, 0.15) is 11.5 Å². The zero-order valence-electron chi connectivity index (χ0n) is 8.85. The van der Waals surface area contributed by atoms with E-state index in [1.807, 2.05) is 30.3 Å². The Hall–Kier alpha value is -1.83. The summed E-state index contributed by atoms with van der Waals surface area (Å²) in [6, 6.07) is 11.8. The molecule has 16 heavy (non-hydrogen) atoms. The molecule has 1 atom stereocenters. The molecule has 0 fully saturated rings. The number of carbonyl (C=O) groups excluding carboxylic acids is 1. The first-order valence-corrected chi connectivity index (χ1v) is 5.47. The highest BCUT2D eigenvalue weighted by atomic mass is 16.3. The molecule has 1 unspecified atom stereocenters. The molecule has 0 spiro atoms. The van der Waals surface area contributed by atoms with Gasteiger partial charge in [0.05, 0.1) is 12.7 Å². The summed E-state index contributed by atoms with van der Waals surface area (Å²) in [5.74, 6) is 1.10. The van der Waals surface area contributed by atoms with Crippen LogP contribution in [0.2, 0.25) is 0 Å². The number of hydrogen-bond donors (Lipinski definition) is 0. The average molecular weight is 212 g/mol. The monoisotopic (exact) mass is 212 g/mol. The topological polar surface area (TPSA) is 30.2 Å². The smallest absolute Gasteiger partial charge is 0.148 e. The molecule has 2 heteroatoms. The standard InChI is InChI=1S/C14H12O2/c15-14(9-11-5-3-7-16-11)13-8-10-4-1-2-6-12(10)13/h1-7,13H,8-9H2. The number of carbonyl (C=O) groups is 1. The Bertz CT molecular complexity index is 511. The molecule has 0 amide bonds. The highest BCUT2D eigenvalue weighted by Gasteiger charge is 2.31. The molecule has 80 valence electrons. The predicted molar refractivity (Wildman–Crippen MR) is 60.3 cm³/mol. The lowest BCUT2D eigenvalue weighted by Gasteiger charge is -2.28. The molecule has 1 aromatic carbocycles. The van der Waals surface area contributed by atoms with Gasteiger partial charge in [-0.15, -0.1) is 0 Å². The molecule has 0 aliphatic heterocycles. The molecule has 0 radical (unpaired) electrons. The van der Waals surface area contributed by atoms with Crippen molar-refractivity contribution in [3.63, 3.8) is 0 Å². The molecular weight excluding hydrogens is 200 g/mol. The van der Waals surface area contributed by atoms with Crippen LogP contribution in [0.4, 0.5) is 0 Å². The Balaban J connectivity index is 1.75. The predicted octanol–water partition coefficient (Wildman–Crippen LogP) is 2.73. The molecule has 0 saturated carbocycles. The van der Waals surface area contributed by atoms with Gasteiger partial charge in [0, 0.05) is 5.92 Å². The van der Waals surface area contributed by atoms with Crippen LogP contribution in [0.15, 0.2) is 47.1 Å². The van der Waals surface area contributed by atoms with Gasteiger partial charge in [-0.2, -0.15) is 0 Å². The fourth-order valence-electron chi connectivity index (χ4n) is 2.25. The lowest BCUT2D eigenvalue weighted by Crippen LogP contribution is -2.26. The van der Waals surface area contributed by atoms with Crippen LogP contribution in [0.25, 0.3) is 0 Å². The first-order chi connectivity index (χ1) is 7.84. The van der Waals surface area contributed by atoms with Crippen molar-refractivity contribution in [1.29, 1.82) is 0 Å². The van der Waals surface area contributed by atoms with Crippen molar-refractivity contribution in [2.75, 3.05) is 0 Å². The van der Waals surface area contributed by atoms with Crippen molar-refractivity contribution >= 4 is 5.78 Å². The third-order valence-corrected chi connectivity index (χ3v) is 3.17. The van der Waals surface area contributed by atoms with E-state index in [1.54, 1.807) is 6.26 Å². The van der Waals surface area contributed by atoms with Crippen molar-refractivity contribution < 1.29 is 9.21 Å². The summed E-state index contributed by atoms with van der Waals surface area (Å²) >= 11 is 0. The maximum atomic E-state index is 12.0. The fraction of sp³-hybridized carbons (Fsp3) is 0.214. The largest absolute Gasteiger partial charge is 0.469 e. The van der Waals surface area contributed by atoms with E-state index < -0.39 is 0 Å². The van der Waals surface area contributed by atoms with E-state index in [0.29, 0.717) is 6.42 Å². The third kappa shape index (κ3) is 1.47. The number of ketones is 1. The molecule has 1 aliphatic carbocycles. The first-order valence-electron chi connectivity index (χ1n) is 5.47. The Labute approximate surface area is 93.9 Å². The third-order valence-electron chi connectivity index (χ3n) is 3.17. The lowest BCUT2D eigenvalue weighted by atomic mass is 9.74. The second-order valence-corrected chi connectivity index (χ2v) is 4.18. The van der Waals surface area contributed by atoms with Crippen LogP contribution < -0.4 is 0 Å². The summed E-state index contributed by atoms with van der Waals surface area (Å²) < 4.78 is 5.19. The van der Waals surface area contributed by atoms with Gasteiger partial charge in [-0.1, -0.05) is 24.3 Å². The summed E-state index contributed by atoms with van der Waals surface area (Å²) in [6.07, 6.45) is 2.90. The van der Waals surface area contributed by atoms with E-state index in [4.69, 9.17) is 4.42 Å². The zero-order chi connectivity index (χ0) is 11.0. The Morgan fingerprint density at radius 2 is 2.12 bits per heavy atom. The van der Waals surface area contributed by atoms with Gasteiger partial charge in [0.2, 0.25) is 0 Å². The van der Waals surface area contributed by atoms with E-state index in [-0.39, 0.29) is 11.7 Å². The average Bonchev–Trinajstić information content (AvgIpc) is 2.72. The van der Waals surface area contributed by atoms with Gasteiger partial charge in [-0.3, -0.25) is 4.79 Å². The Morgan fingerprint density at radius 1 is 1.25 bits per heavy atom. The summed E-state index contributed by atoms with van der Waals surface area (Å²) in [6.45, 7) is 0. The normalized spacial score (nSPS) is 17.6. The second kappa shape index (κ2) is 3.63. The van der Waals surface area contributed by atoms with Crippen LogP contribution >= 0.6 is 0 Å². The Morgan fingerprint density at radius 3 is 2.88 bits per heavy atom. The minimum absolute atomic E-state index is 0.0845. The quantitative estimate of drug-likeness (QED) is 0.783. The van der Waals surface area contributed by atoms with Gasteiger partial charge >= 0.3 is 0 Å². The lowest BCUT2D eigenvalue weighted by molar-refractivity contribution is -0.120. The van der Waals surface area contributed by atoms with Crippen LogP contribution in [0, 0.1) is 0 Å². The minimum Gasteiger partial charge on any atom is -0.469 e. The van der Waals surface area contributed by atoms with E-state index in [0.717, 1.165) is 12.2 Å². The molecular formula is C14H12O2. The van der Waals surface area contributed by atoms with E-state index in [1.165, 1.54) is 11.1 Å². The minimum atomic E-state index is 0.0845. The number of benzene rings is 1. The van der Waals surface area contributed by atoms with Gasteiger partial charge in [0.15, 0.2) is 0 Å². The van der Waals surface area contributed by atoms with Crippen LogP contribution in [0.5, 0.6) is 0 Å². The zero-order valence-corrected chi connectivity index (χ0v) is 8.85. The molecule has 0 N–H and O–H groups in total. The van der Waals surface area contributed by atoms with E-state index >= 15 is 0 Å². The molecule has 0 bridgehead atoms.